The molecule has 37 heavy (non-hydrogen) atoms. The number of aryl methyl sites for hydroxylation is 1. The molecule has 4 aromatic rings. The third kappa shape index (κ3) is 4.19. The van der Waals surface area contributed by atoms with Gasteiger partial charge in [0.25, 0.3) is 5.56 Å². The first-order valence-corrected chi connectivity index (χ1v) is 12.2. The van der Waals surface area contributed by atoms with Crippen LogP contribution in [-0.4, -0.2) is 40.6 Å². The highest BCUT2D eigenvalue weighted by Gasteiger charge is 2.47. The molecule has 2 aromatic heterocycles. The average Bonchev–Trinajstić information content (AvgIpc) is 3.27. The fourth-order valence-electron chi connectivity index (χ4n) is 4.81. The van der Waals surface area contributed by atoms with E-state index in [2.05, 4.69) is 6.07 Å². The molecule has 1 fully saturated rings. The largest absolute Gasteiger partial charge is 0.363 e. The topological polar surface area (TPSA) is 101 Å². The van der Waals surface area contributed by atoms with Gasteiger partial charge in [-0.1, -0.05) is 6.07 Å². The van der Waals surface area contributed by atoms with Gasteiger partial charge in [-0.2, -0.15) is 5.26 Å². The molecule has 5 rings (SSSR count). The van der Waals surface area contributed by atoms with Crippen LogP contribution >= 0.6 is 11.3 Å². The number of aromatic nitrogens is 1. The van der Waals surface area contributed by atoms with Crippen molar-refractivity contribution in [1.82, 2.24) is 9.47 Å². The minimum absolute atomic E-state index is 0.0709. The summed E-state index contributed by atoms with van der Waals surface area (Å²) in [5.41, 5.74) is -0.452. The summed E-state index contributed by atoms with van der Waals surface area (Å²) in [4.78, 5) is 26.9. The SMILES string of the molecule is Cc1cc(C2(c3c([N+](=O)[O-])sc4c3ccc(=O)n4-c3ccc(F)cc3)CN(CC#N)CCO2)ccc1F. The number of benzene rings is 2. The molecule has 0 amide bonds. The Bertz CT molecular complexity index is 1630. The van der Waals surface area contributed by atoms with Crippen molar-refractivity contribution in [2.45, 2.75) is 12.5 Å². The Kier molecular flexibility index (Phi) is 6.33. The lowest BCUT2D eigenvalue weighted by Gasteiger charge is -2.42. The van der Waals surface area contributed by atoms with Crippen molar-refractivity contribution < 1.29 is 18.4 Å². The van der Waals surface area contributed by atoms with Gasteiger partial charge in [0.2, 0.25) is 0 Å². The molecule has 8 nitrogen and oxygen atoms in total. The highest BCUT2D eigenvalue weighted by Crippen LogP contribution is 2.49. The number of rotatable bonds is 5. The van der Waals surface area contributed by atoms with E-state index in [0.717, 1.165) is 11.3 Å². The Morgan fingerprint density at radius 1 is 1.19 bits per heavy atom. The Hall–Kier alpha value is -3.98. The molecule has 0 aliphatic carbocycles. The Morgan fingerprint density at radius 3 is 2.62 bits per heavy atom. The number of fused-ring (bicyclic) bond motifs is 1. The summed E-state index contributed by atoms with van der Waals surface area (Å²) in [7, 11) is 0. The molecular weight excluding hydrogens is 502 g/mol. The molecule has 0 spiro atoms. The van der Waals surface area contributed by atoms with Crippen molar-refractivity contribution in [1.29, 1.82) is 5.26 Å². The zero-order valence-electron chi connectivity index (χ0n) is 19.6. The Labute approximate surface area is 213 Å². The van der Waals surface area contributed by atoms with Crippen LogP contribution < -0.4 is 5.56 Å². The molecule has 0 bridgehead atoms. The lowest BCUT2D eigenvalue weighted by atomic mass is 9.83. The molecule has 0 radical (unpaired) electrons. The van der Waals surface area contributed by atoms with E-state index < -0.39 is 27.7 Å². The van der Waals surface area contributed by atoms with Crippen molar-refractivity contribution in [3.8, 4) is 11.8 Å². The van der Waals surface area contributed by atoms with Gasteiger partial charge in [0.1, 0.15) is 22.1 Å². The van der Waals surface area contributed by atoms with Gasteiger partial charge < -0.3 is 4.74 Å². The zero-order valence-corrected chi connectivity index (χ0v) is 20.4. The van der Waals surface area contributed by atoms with Crippen LogP contribution in [0.5, 0.6) is 0 Å². The molecule has 188 valence electrons. The lowest BCUT2D eigenvalue weighted by Crippen LogP contribution is -2.50. The fraction of sp³-hybridized carbons (Fsp3) is 0.231. The standard InChI is InChI=1S/C26H20F2N4O4S/c1-16-14-17(2-8-21(16)28)26(15-30(11-10-29)12-13-36-26)23-20-7-9-22(33)31(19-5-3-18(27)4-6-19)24(20)37-25(23)32(34)35/h2-9,14H,11-13,15H2,1H3. The quantitative estimate of drug-likeness (QED) is 0.215. The predicted octanol–water partition coefficient (Wildman–Crippen LogP) is 4.65. The molecule has 0 N–H and O–H groups in total. The third-order valence-electron chi connectivity index (χ3n) is 6.50. The first-order chi connectivity index (χ1) is 17.7. The summed E-state index contributed by atoms with van der Waals surface area (Å²) >= 11 is 0.813. The lowest BCUT2D eigenvalue weighted by molar-refractivity contribution is -0.381. The number of nitro groups is 1. The van der Waals surface area contributed by atoms with Gasteiger partial charge in [0.05, 0.1) is 35.4 Å². The van der Waals surface area contributed by atoms with Crippen molar-refractivity contribution in [3.05, 3.63) is 103 Å². The van der Waals surface area contributed by atoms with Gasteiger partial charge in [-0.3, -0.25) is 24.4 Å². The van der Waals surface area contributed by atoms with Crippen LogP contribution in [0.25, 0.3) is 15.9 Å². The highest BCUT2D eigenvalue weighted by molar-refractivity contribution is 7.22. The maximum Gasteiger partial charge on any atom is 0.333 e. The first kappa shape index (κ1) is 24.7. The normalized spacial score (nSPS) is 18.1. The molecule has 1 unspecified atom stereocenters. The molecule has 1 atom stereocenters. The van der Waals surface area contributed by atoms with Crippen LogP contribution in [0.1, 0.15) is 16.7 Å². The van der Waals surface area contributed by atoms with Gasteiger partial charge in [0.15, 0.2) is 0 Å². The van der Waals surface area contributed by atoms with Crippen LogP contribution in [0.3, 0.4) is 0 Å². The predicted molar refractivity (Wildman–Crippen MR) is 134 cm³/mol. The smallest absolute Gasteiger partial charge is 0.333 e. The summed E-state index contributed by atoms with van der Waals surface area (Å²) < 4.78 is 35.5. The van der Waals surface area contributed by atoms with Crippen molar-refractivity contribution in [2.24, 2.45) is 0 Å². The van der Waals surface area contributed by atoms with Crippen LogP contribution in [0.4, 0.5) is 13.8 Å². The van der Waals surface area contributed by atoms with E-state index in [1.807, 2.05) is 4.90 Å². The van der Waals surface area contributed by atoms with Crippen molar-refractivity contribution >= 4 is 26.6 Å². The van der Waals surface area contributed by atoms with Crippen LogP contribution in [0.2, 0.25) is 0 Å². The number of nitrogens with zero attached hydrogens (tertiary/aromatic N) is 4. The highest BCUT2D eigenvalue weighted by atomic mass is 32.1. The molecule has 1 aliphatic rings. The second kappa shape index (κ2) is 9.48. The average molecular weight is 523 g/mol. The van der Waals surface area contributed by atoms with E-state index in [4.69, 9.17) is 4.74 Å². The number of halogens is 2. The maximum absolute atomic E-state index is 14.2. The van der Waals surface area contributed by atoms with E-state index in [9.17, 15) is 29.0 Å². The van der Waals surface area contributed by atoms with Gasteiger partial charge in [-0.15, -0.1) is 0 Å². The fourth-order valence-corrected chi connectivity index (χ4v) is 6.01. The summed E-state index contributed by atoms with van der Waals surface area (Å²) in [5.74, 6) is -0.918. The third-order valence-corrected chi connectivity index (χ3v) is 7.64. The number of hydrogen-bond acceptors (Lipinski definition) is 7. The Morgan fingerprint density at radius 2 is 1.95 bits per heavy atom. The van der Waals surface area contributed by atoms with E-state index in [-0.39, 0.29) is 30.3 Å². The second-order valence-corrected chi connectivity index (χ2v) is 9.73. The van der Waals surface area contributed by atoms with Crippen LogP contribution in [0.15, 0.2) is 59.4 Å². The number of pyridine rings is 1. The van der Waals surface area contributed by atoms with Crippen LogP contribution in [-0.2, 0) is 10.3 Å². The Balaban J connectivity index is 1.86. The monoisotopic (exact) mass is 522 g/mol. The van der Waals surface area contributed by atoms with Gasteiger partial charge in [-0.05, 0) is 71.9 Å². The molecule has 1 saturated heterocycles. The number of ether oxygens (including phenoxy) is 1. The summed E-state index contributed by atoms with van der Waals surface area (Å²) in [6.07, 6.45) is 0. The molecule has 2 aromatic carbocycles. The van der Waals surface area contributed by atoms with Crippen LogP contribution in [0, 0.1) is 40.0 Å². The van der Waals surface area contributed by atoms with E-state index in [1.54, 1.807) is 13.0 Å². The molecule has 11 heteroatoms. The summed E-state index contributed by atoms with van der Waals surface area (Å²) in [6, 6.07) is 14.6. The van der Waals surface area contributed by atoms with E-state index in [0.29, 0.717) is 33.6 Å². The number of nitriles is 1. The minimum atomic E-state index is -1.42. The maximum atomic E-state index is 14.2. The van der Waals surface area contributed by atoms with E-state index in [1.165, 1.54) is 53.1 Å². The number of thiophene rings is 1. The van der Waals surface area contributed by atoms with Crippen molar-refractivity contribution in [3.63, 3.8) is 0 Å². The first-order valence-electron chi connectivity index (χ1n) is 11.3. The van der Waals surface area contributed by atoms with Gasteiger partial charge in [0, 0.05) is 24.5 Å². The molecular formula is C26H20F2N4O4S. The second-order valence-electron chi connectivity index (χ2n) is 8.75. The van der Waals surface area contributed by atoms with Gasteiger partial charge >= 0.3 is 5.00 Å². The summed E-state index contributed by atoms with van der Waals surface area (Å²) in [5, 5.41) is 21.9. The van der Waals surface area contributed by atoms with E-state index >= 15 is 0 Å². The molecule has 3 heterocycles. The molecule has 1 aliphatic heterocycles. The molecule has 0 saturated carbocycles. The van der Waals surface area contributed by atoms with Crippen molar-refractivity contribution in [2.75, 3.05) is 26.2 Å². The van der Waals surface area contributed by atoms with Gasteiger partial charge in [-0.25, -0.2) is 8.78 Å². The minimum Gasteiger partial charge on any atom is -0.363 e. The summed E-state index contributed by atoms with van der Waals surface area (Å²) in [6.45, 7) is 2.38. The zero-order chi connectivity index (χ0) is 26.3. The number of hydrogen-bond donors (Lipinski definition) is 0. The number of morpholine rings is 1.